The van der Waals surface area contributed by atoms with E-state index >= 15 is 0 Å². The fourth-order valence-corrected chi connectivity index (χ4v) is 4.22. The van der Waals surface area contributed by atoms with Gasteiger partial charge in [-0.3, -0.25) is 0 Å². The van der Waals surface area contributed by atoms with Crippen LogP contribution >= 0.6 is 11.8 Å². The van der Waals surface area contributed by atoms with Crippen molar-refractivity contribution in [2.45, 2.75) is 25.7 Å². The van der Waals surface area contributed by atoms with Crippen LogP contribution in [0.5, 0.6) is 0 Å². The molecule has 1 aliphatic heterocycles. The van der Waals surface area contributed by atoms with E-state index in [0.29, 0.717) is 0 Å². The molecule has 120 valence electrons. The van der Waals surface area contributed by atoms with Crippen LogP contribution in [0.4, 0.5) is 0 Å². The molecule has 0 aromatic heterocycles. The van der Waals surface area contributed by atoms with Crippen LogP contribution < -0.4 is 0 Å². The summed E-state index contributed by atoms with van der Waals surface area (Å²) in [5.74, 6) is 1.15. The summed E-state index contributed by atoms with van der Waals surface area (Å²) in [5.41, 5.74) is 3.17. The molecular weight excluding hydrogens is 308 g/mol. The average Bonchev–Trinajstić information content (AvgIpc) is 2.69. The first-order valence-electron chi connectivity index (χ1n) is 8.79. The van der Waals surface area contributed by atoms with Gasteiger partial charge in [0.2, 0.25) is 0 Å². The Morgan fingerprint density at radius 1 is 0.708 bits per heavy atom. The van der Waals surface area contributed by atoms with Crippen molar-refractivity contribution < 1.29 is 0 Å². The van der Waals surface area contributed by atoms with Crippen LogP contribution in [0.2, 0.25) is 0 Å². The zero-order valence-corrected chi connectivity index (χ0v) is 14.7. The minimum Gasteiger partial charge on any atom is -0.130 e. The molecule has 0 unspecified atom stereocenters. The Kier molecular flexibility index (Phi) is 4.71. The second kappa shape index (κ2) is 7.27. The van der Waals surface area contributed by atoms with Crippen molar-refractivity contribution in [3.05, 3.63) is 83.3 Å². The second-order valence-corrected chi connectivity index (χ2v) is 7.32. The third-order valence-electron chi connectivity index (χ3n) is 4.87. The lowest BCUT2D eigenvalue weighted by Gasteiger charge is -2.18. The highest BCUT2D eigenvalue weighted by molar-refractivity contribution is 8.02. The quantitative estimate of drug-likeness (QED) is 0.414. The van der Waals surface area contributed by atoms with Crippen LogP contribution in [0, 0.1) is 0 Å². The van der Waals surface area contributed by atoms with Crippen LogP contribution in [-0.4, -0.2) is 5.75 Å². The van der Waals surface area contributed by atoms with Gasteiger partial charge in [0.15, 0.2) is 0 Å². The predicted molar refractivity (Wildman–Crippen MR) is 109 cm³/mol. The van der Waals surface area contributed by atoms with Gasteiger partial charge in [0.1, 0.15) is 0 Å². The zero-order chi connectivity index (χ0) is 16.2. The first-order valence-corrected chi connectivity index (χ1v) is 9.84. The Labute approximate surface area is 148 Å². The molecule has 0 spiro atoms. The SMILES string of the molecule is C1=CCSC=C1.c1ccc2c(c1)ccc1c3c(ccc12)CCCC3. The van der Waals surface area contributed by atoms with Gasteiger partial charge in [0, 0.05) is 5.75 Å². The van der Waals surface area contributed by atoms with E-state index in [0.717, 1.165) is 5.75 Å². The standard InChI is InChI=1S/C18H16.C5H6S/c1-3-7-15-13(5-1)9-11-18-16-8-4-2-6-14(16)10-12-17(15)18;1-2-4-6-5-3-1/h1,3,5,7,9-12H,2,4,6,8H2;1-4H,5H2. The summed E-state index contributed by atoms with van der Waals surface area (Å²) in [4.78, 5) is 0. The molecule has 1 heteroatoms. The van der Waals surface area contributed by atoms with Crippen molar-refractivity contribution in [2.24, 2.45) is 0 Å². The summed E-state index contributed by atoms with van der Waals surface area (Å²) in [6.45, 7) is 0. The Bertz CT molecular complexity index is 906. The fraction of sp³-hybridized carbons (Fsp3) is 0.217. The number of aryl methyl sites for hydroxylation is 2. The molecule has 0 bridgehead atoms. The normalized spacial score (nSPS) is 15.8. The van der Waals surface area contributed by atoms with E-state index in [-0.39, 0.29) is 0 Å². The van der Waals surface area contributed by atoms with Crippen molar-refractivity contribution in [1.29, 1.82) is 0 Å². The van der Waals surface area contributed by atoms with E-state index in [1.54, 1.807) is 11.1 Å². The van der Waals surface area contributed by atoms with Crippen LogP contribution in [0.15, 0.2) is 72.2 Å². The molecule has 1 heterocycles. The molecule has 1 aliphatic carbocycles. The number of rotatable bonds is 0. The van der Waals surface area contributed by atoms with Gasteiger partial charge in [-0.25, -0.2) is 0 Å². The molecule has 0 fully saturated rings. The summed E-state index contributed by atoms with van der Waals surface area (Å²) in [6.07, 6.45) is 11.5. The maximum Gasteiger partial charge on any atom is 0.0157 e. The first-order chi connectivity index (χ1) is 11.9. The van der Waals surface area contributed by atoms with Crippen LogP contribution in [-0.2, 0) is 12.8 Å². The van der Waals surface area contributed by atoms with Crippen LogP contribution in [0.3, 0.4) is 0 Å². The molecule has 0 amide bonds. The number of hydrogen-bond acceptors (Lipinski definition) is 1. The van der Waals surface area contributed by atoms with Gasteiger partial charge in [0.25, 0.3) is 0 Å². The predicted octanol–water partition coefficient (Wildman–Crippen LogP) is 6.67. The van der Waals surface area contributed by atoms with E-state index in [1.165, 1.54) is 47.2 Å². The Hall–Kier alpha value is -1.99. The topological polar surface area (TPSA) is 0 Å². The van der Waals surface area contributed by atoms with E-state index in [9.17, 15) is 0 Å². The smallest absolute Gasteiger partial charge is 0.0157 e. The number of thioether (sulfide) groups is 1. The molecule has 3 aromatic rings. The molecule has 0 N–H and O–H groups in total. The Morgan fingerprint density at radius 3 is 2.38 bits per heavy atom. The maximum absolute atomic E-state index is 2.35. The number of fused-ring (bicyclic) bond motifs is 5. The molecule has 24 heavy (non-hydrogen) atoms. The minimum atomic E-state index is 1.15. The van der Waals surface area contributed by atoms with E-state index in [4.69, 9.17) is 0 Å². The van der Waals surface area contributed by atoms with Crippen molar-refractivity contribution in [3.63, 3.8) is 0 Å². The number of benzene rings is 3. The highest BCUT2D eigenvalue weighted by Gasteiger charge is 2.13. The minimum absolute atomic E-state index is 1.15. The summed E-state index contributed by atoms with van der Waals surface area (Å²) in [7, 11) is 0. The van der Waals surface area contributed by atoms with Gasteiger partial charge < -0.3 is 0 Å². The molecule has 5 rings (SSSR count). The van der Waals surface area contributed by atoms with Gasteiger partial charge in [0.05, 0.1) is 0 Å². The molecule has 0 nitrogen and oxygen atoms in total. The molecule has 0 radical (unpaired) electrons. The Balaban J connectivity index is 0.000000207. The van der Waals surface area contributed by atoms with E-state index < -0.39 is 0 Å². The van der Waals surface area contributed by atoms with Gasteiger partial charge in [-0.15, -0.1) is 11.8 Å². The Morgan fingerprint density at radius 2 is 1.58 bits per heavy atom. The molecule has 0 saturated heterocycles. The van der Waals surface area contributed by atoms with Crippen molar-refractivity contribution in [3.8, 4) is 0 Å². The molecule has 2 aliphatic rings. The largest absolute Gasteiger partial charge is 0.130 e. The third kappa shape index (κ3) is 3.14. The highest BCUT2D eigenvalue weighted by atomic mass is 32.2. The summed E-state index contributed by atoms with van der Waals surface area (Å²) in [5, 5.41) is 7.74. The molecule has 0 atom stereocenters. The lowest BCUT2D eigenvalue weighted by molar-refractivity contribution is 0.690. The monoisotopic (exact) mass is 330 g/mol. The van der Waals surface area contributed by atoms with E-state index in [2.05, 4.69) is 66.1 Å². The average molecular weight is 330 g/mol. The fourth-order valence-electron chi connectivity index (χ4n) is 3.69. The van der Waals surface area contributed by atoms with Crippen LogP contribution in [0.25, 0.3) is 21.5 Å². The number of hydrogen-bond donors (Lipinski definition) is 0. The molecular formula is C23H22S. The van der Waals surface area contributed by atoms with Crippen molar-refractivity contribution in [2.75, 3.05) is 5.75 Å². The van der Waals surface area contributed by atoms with E-state index in [1.807, 2.05) is 17.8 Å². The van der Waals surface area contributed by atoms with Gasteiger partial charge in [-0.2, -0.15) is 0 Å². The van der Waals surface area contributed by atoms with Gasteiger partial charge in [-0.1, -0.05) is 66.8 Å². The van der Waals surface area contributed by atoms with Crippen molar-refractivity contribution >= 4 is 33.3 Å². The number of allylic oxidation sites excluding steroid dienone is 2. The summed E-state index contributed by atoms with van der Waals surface area (Å²) in [6, 6.07) is 18.0. The maximum atomic E-state index is 2.35. The van der Waals surface area contributed by atoms with Crippen molar-refractivity contribution in [1.82, 2.24) is 0 Å². The molecule has 0 saturated carbocycles. The lowest BCUT2D eigenvalue weighted by atomic mass is 9.86. The highest BCUT2D eigenvalue weighted by Crippen LogP contribution is 2.33. The van der Waals surface area contributed by atoms with Gasteiger partial charge in [-0.05, 0) is 63.8 Å². The second-order valence-electron chi connectivity index (χ2n) is 6.38. The zero-order valence-electron chi connectivity index (χ0n) is 13.9. The van der Waals surface area contributed by atoms with Gasteiger partial charge >= 0.3 is 0 Å². The summed E-state index contributed by atoms with van der Waals surface area (Å²) < 4.78 is 0. The third-order valence-corrected chi connectivity index (χ3v) is 5.61. The summed E-state index contributed by atoms with van der Waals surface area (Å²) >= 11 is 1.83. The van der Waals surface area contributed by atoms with Crippen LogP contribution in [0.1, 0.15) is 24.0 Å². The lowest BCUT2D eigenvalue weighted by Crippen LogP contribution is -2.02. The molecule has 3 aromatic carbocycles. The first kappa shape index (κ1) is 15.5.